The summed E-state index contributed by atoms with van der Waals surface area (Å²) in [6.07, 6.45) is 2.93. The first-order valence-corrected chi connectivity index (χ1v) is 5.15. The summed E-state index contributed by atoms with van der Waals surface area (Å²) in [5, 5.41) is 3.98. The highest BCUT2D eigenvalue weighted by Gasteiger charge is 2.29. The number of carbonyl (C=O) groups excluding carboxylic acids is 1. The third kappa shape index (κ3) is 1.86. The van der Waals surface area contributed by atoms with Crippen LogP contribution in [0.1, 0.15) is 35.5 Å². The topological polar surface area (TPSA) is 73.3 Å². The third-order valence-corrected chi connectivity index (χ3v) is 2.47. The molecule has 2 heterocycles. The predicted molar refractivity (Wildman–Crippen MR) is 60.4 cm³/mol. The van der Waals surface area contributed by atoms with Crippen molar-refractivity contribution in [2.45, 2.75) is 26.4 Å². The largest absolute Gasteiger partial charge is 0.366 e. The molecule has 0 aromatic carbocycles. The van der Waals surface area contributed by atoms with Gasteiger partial charge in [0.05, 0.1) is 23.7 Å². The van der Waals surface area contributed by atoms with Crippen LogP contribution < -0.4 is 5.73 Å². The molecule has 5 nitrogen and oxygen atoms in total. The maximum Gasteiger partial charge on any atom is 0.250 e. The van der Waals surface area contributed by atoms with E-state index in [4.69, 9.17) is 5.73 Å². The van der Waals surface area contributed by atoms with Gasteiger partial charge in [-0.2, -0.15) is 5.10 Å². The number of fused-ring (bicyclic) bond motifs is 1. The number of nitrogens with two attached hydrogens (primary N) is 1. The van der Waals surface area contributed by atoms with Crippen LogP contribution in [0.4, 0.5) is 4.39 Å². The molecule has 0 spiro atoms. The Morgan fingerprint density at radius 3 is 2.71 bits per heavy atom. The van der Waals surface area contributed by atoms with Gasteiger partial charge in [-0.1, -0.05) is 0 Å². The number of primary amides is 1. The molecule has 90 valence electrons. The Kier molecular flexibility index (Phi) is 2.38. The van der Waals surface area contributed by atoms with Gasteiger partial charge in [0.25, 0.3) is 5.91 Å². The molecule has 1 amide bonds. The van der Waals surface area contributed by atoms with Gasteiger partial charge >= 0.3 is 0 Å². The molecule has 0 bridgehead atoms. The number of rotatable bonds is 2. The van der Waals surface area contributed by atoms with Crippen LogP contribution in [0.2, 0.25) is 0 Å². The van der Waals surface area contributed by atoms with Gasteiger partial charge < -0.3 is 5.73 Å². The average molecular weight is 236 g/mol. The van der Waals surface area contributed by atoms with E-state index in [2.05, 4.69) is 10.1 Å². The first-order chi connectivity index (χ1) is 7.80. The van der Waals surface area contributed by atoms with E-state index in [1.54, 1.807) is 13.1 Å². The van der Waals surface area contributed by atoms with Crippen LogP contribution in [0.15, 0.2) is 12.4 Å². The summed E-state index contributed by atoms with van der Waals surface area (Å²) in [5.41, 5.74) is 4.77. The summed E-state index contributed by atoms with van der Waals surface area (Å²) in [7, 11) is 0. The maximum atomic E-state index is 14.2. The van der Waals surface area contributed by atoms with Gasteiger partial charge in [0.15, 0.2) is 5.65 Å². The second-order valence-electron chi connectivity index (χ2n) is 4.42. The highest BCUT2D eigenvalue weighted by Crippen LogP contribution is 2.30. The zero-order valence-electron chi connectivity index (χ0n) is 9.86. The van der Waals surface area contributed by atoms with Gasteiger partial charge in [0, 0.05) is 5.56 Å². The standard InChI is InChI=1S/C11H13FN4O/c1-6-5-16-10(15-6)8(11(2,3)12)7(4-14-16)9(13)17/h4-5H,1-3H3,(H2,13,17). The molecule has 2 rings (SSSR count). The Labute approximate surface area is 97.4 Å². The van der Waals surface area contributed by atoms with E-state index in [0.717, 1.165) is 0 Å². The van der Waals surface area contributed by atoms with E-state index >= 15 is 0 Å². The molecule has 2 N–H and O–H groups in total. The van der Waals surface area contributed by atoms with E-state index in [1.165, 1.54) is 24.6 Å². The molecule has 0 aliphatic heterocycles. The quantitative estimate of drug-likeness (QED) is 0.855. The summed E-state index contributed by atoms with van der Waals surface area (Å²) in [6, 6.07) is 0. The number of nitrogens with zero attached hydrogens (tertiary/aromatic N) is 3. The summed E-state index contributed by atoms with van der Waals surface area (Å²) in [6.45, 7) is 4.49. The van der Waals surface area contributed by atoms with Gasteiger partial charge in [-0.15, -0.1) is 0 Å². The van der Waals surface area contributed by atoms with Crippen molar-refractivity contribution in [3.63, 3.8) is 0 Å². The van der Waals surface area contributed by atoms with E-state index < -0.39 is 11.6 Å². The molecule has 2 aromatic rings. The summed E-state index contributed by atoms with van der Waals surface area (Å²) in [5.74, 6) is -0.707. The number of aryl methyl sites for hydroxylation is 1. The van der Waals surface area contributed by atoms with Crippen LogP contribution in [0.25, 0.3) is 5.65 Å². The SMILES string of the molecule is Cc1cn2ncc(C(N)=O)c(C(C)(C)F)c2n1. The second kappa shape index (κ2) is 3.51. The fraction of sp³-hybridized carbons (Fsp3) is 0.364. The minimum Gasteiger partial charge on any atom is -0.366 e. The Morgan fingerprint density at radius 1 is 1.53 bits per heavy atom. The number of aromatic nitrogens is 3. The van der Waals surface area contributed by atoms with Crippen molar-refractivity contribution in [2.75, 3.05) is 0 Å². The minimum atomic E-state index is -1.72. The Morgan fingerprint density at radius 2 is 2.18 bits per heavy atom. The van der Waals surface area contributed by atoms with E-state index in [-0.39, 0.29) is 11.1 Å². The first kappa shape index (κ1) is 11.5. The molecule has 0 atom stereocenters. The summed E-state index contributed by atoms with van der Waals surface area (Å²) < 4.78 is 15.6. The van der Waals surface area contributed by atoms with Crippen LogP contribution >= 0.6 is 0 Å². The molecule has 0 radical (unpaired) electrons. The average Bonchev–Trinajstić information content (AvgIpc) is 2.53. The Hall–Kier alpha value is -1.98. The number of halogens is 1. The number of alkyl halides is 1. The molecular formula is C11H13FN4O. The summed E-state index contributed by atoms with van der Waals surface area (Å²) in [4.78, 5) is 15.5. The monoisotopic (exact) mass is 236 g/mol. The lowest BCUT2D eigenvalue weighted by atomic mass is 9.96. The number of carbonyl (C=O) groups is 1. The van der Waals surface area contributed by atoms with E-state index in [0.29, 0.717) is 11.3 Å². The van der Waals surface area contributed by atoms with Gasteiger partial charge in [0.2, 0.25) is 0 Å². The zero-order chi connectivity index (χ0) is 12.8. The first-order valence-electron chi connectivity index (χ1n) is 5.15. The molecule has 2 aromatic heterocycles. The van der Waals surface area contributed by atoms with Crippen molar-refractivity contribution in [1.29, 1.82) is 0 Å². The van der Waals surface area contributed by atoms with Crippen LogP contribution in [-0.4, -0.2) is 20.5 Å². The normalized spacial score (nSPS) is 12.0. The Bertz CT molecular complexity index is 597. The van der Waals surface area contributed by atoms with Crippen molar-refractivity contribution < 1.29 is 9.18 Å². The van der Waals surface area contributed by atoms with Crippen molar-refractivity contribution in [1.82, 2.24) is 14.6 Å². The fourth-order valence-electron chi connectivity index (χ4n) is 1.82. The van der Waals surface area contributed by atoms with Crippen molar-refractivity contribution >= 4 is 11.6 Å². The lowest BCUT2D eigenvalue weighted by Crippen LogP contribution is -2.22. The molecule has 6 heteroatoms. The lowest BCUT2D eigenvalue weighted by molar-refractivity contribution is 0.0992. The highest BCUT2D eigenvalue weighted by molar-refractivity contribution is 5.95. The zero-order valence-corrected chi connectivity index (χ0v) is 9.86. The smallest absolute Gasteiger partial charge is 0.250 e. The van der Waals surface area contributed by atoms with E-state index in [9.17, 15) is 9.18 Å². The van der Waals surface area contributed by atoms with Crippen LogP contribution in [0, 0.1) is 6.92 Å². The van der Waals surface area contributed by atoms with Gasteiger partial charge in [-0.25, -0.2) is 13.9 Å². The molecule has 0 saturated heterocycles. The predicted octanol–water partition coefficient (Wildman–Crippen LogP) is 1.34. The fourth-order valence-corrected chi connectivity index (χ4v) is 1.82. The molecule has 0 unspecified atom stereocenters. The molecule has 0 aliphatic carbocycles. The van der Waals surface area contributed by atoms with Crippen molar-refractivity contribution in [2.24, 2.45) is 5.73 Å². The lowest BCUT2D eigenvalue weighted by Gasteiger charge is -2.17. The third-order valence-electron chi connectivity index (χ3n) is 2.47. The molecule has 0 aliphatic rings. The highest BCUT2D eigenvalue weighted by atomic mass is 19.1. The number of hydrogen-bond donors (Lipinski definition) is 1. The second-order valence-corrected chi connectivity index (χ2v) is 4.42. The van der Waals surface area contributed by atoms with Crippen molar-refractivity contribution in [3.8, 4) is 0 Å². The van der Waals surface area contributed by atoms with E-state index in [1.807, 2.05) is 0 Å². The van der Waals surface area contributed by atoms with Crippen LogP contribution in [0.5, 0.6) is 0 Å². The number of amides is 1. The van der Waals surface area contributed by atoms with Gasteiger partial charge in [-0.3, -0.25) is 4.79 Å². The summed E-state index contributed by atoms with van der Waals surface area (Å²) >= 11 is 0. The van der Waals surface area contributed by atoms with Gasteiger partial charge in [-0.05, 0) is 20.8 Å². The molecule has 0 fully saturated rings. The maximum absolute atomic E-state index is 14.2. The van der Waals surface area contributed by atoms with Crippen molar-refractivity contribution in [3.05, 3.63) is 29.2 Å². The number of hydrogen-bond acceptors (Lipinski definition) is 3. The Balaban J connectivity index is 2.89. The van der Waals surface area contributed by atoms with Crippen LogP contribution in [-0.2, 0) is 5.67 Å². The van der Waals surface area contributed by atoms with Crippen LogP contribution in [0.3, 0.4) is 0 Å². The molecule has 0 saturated carbocycles. The number of imidazole rings is 1. The van der Waals surface area contributed by atoms with Gasteiger partial charge in [0.1, 0.15) is 5.67 Å². The molecule has 17 heavy (non-hydrogen) atoms. The molecular weight excluding hydrogens is 223 g/mol. The minimum absolute atomic E-state index is 0.0654.